The van der Waals surface area contributed by atoms with Crippen molar-refractivity contribution in [2.24, 2.45) is 0 Å². The monoisotopic (exact) mass is 308 g/mol. The van der Waals surface area contributed by atoms with Gasteiger partial charge in [0.05, 0.1) is 12.0 Å². The SMILES string of the molecule is COc1ccc(Cn2cc(/C=C\[N+](=O)[O-])c3ccccc32)cc1. The van der Waals surface area contributed by atoms with Crippen LogP contribution in [0.25, 0.3) is 17.0 Å². The molecule has 2 aromatic carbocycles. The van der Waals surface area contributed by atoms with Crippen LogP contribution in [0.15, 0.2) is 60.9 Å². The third kappa shape index (κ3) is 3.23. The molecule has 0 radical (unpaired) electrons. The molecule has 1 aromatic heterocycles. The fourth-order valence-electron chi connectivity index (χ4n) is 2.61. The molecule has 5 heteroatoms. The van der Waals surface area contributed by atoms with Crippen LogP contribution in [0.5, 0.6) is 5.75 Å². The Morgan fingerprint density at radius 1 is 1.17 bits per heavy atom. The normalized spacial score (nSPS) is 11.2. The van der Waals surface area contributed by atoms with Gasteiger partial charge in [0.15, 0.2) is 0 Å². The van der Waals surface area contributed by atoms with Crippen LogP contribution in [0.3, 0.4) is 0 Å². The van der Waals surface area contributed by atoms with Crippen molar-refractivity contribution in [2.45, 2.75) is 6.54 Å². The molecule has 0 spiro atoms. The second-order valence-electron chi connectivity index (χ2n) is 5.18. The first-order valence-electron chi connectivity index (χ1n) is 7.20. The number of rotatable bonds is 5. The van der Waals surface area contributed by atoms with Crippen molar-refractivity contribution in [2.75, 3.05) is 7.11 Å². The number of methoxy groups -OCH3 is 1. The van der Waals surface area contributed by atoms with E-state index in [2.05, 4.69) is 4.57 Å². The summed E-state index contributed by atoms with van der Waals surface area (Å²) in [4.78, 5) is 10.1. The molecule has 0 N–H and O–H groups in total. The molecule has 0 aliphatic heterocycles. The minimum atomic E-state index is -0.449. The second kappa shape index (κ2) is 6.36. The van der Waals surface area contributed by atoms with Gasteiger partial charge in [0.25, 0.3) is 0 Å². The van der Waals surface area contributed by atoms with E-state index in [-0.39, 0.29) is 0 Å². The van der Waals surface area contributed by atoms with Crippen LogP contribution in [0.2, 0.25) is 0 Å². The highest BCUT2D eigenvalue weighted by Crippen LogP contribution is 2.24. The average molecular weight is 308 g/mol. The average Bonchev–Trinajstić information content (AvgIpc) is 2.92. The molecule has 3 aromatic rings. The van der Waals surface area contributed by atoms with Gasteiger partial charge in [0.2, 0.25) is 6.20 Å². The van der Waals surface area contributed by atoms with Crippen LogP contribution in [0.4, 0.5) is 0 Å². The standard InChI is InChI=1S/C18H16N2O3/c1-23-16-8-6-14(7-9-16)12-19-13-15(10-11-20(21)22)17-4-2-3-5-18(17)19/h2-11,13H,12H2,1H3/b11-10-. The Hall–Kier alpha value is -3.08. The van der Waals surface area contributed by atoms with Gasteiger partial charge in [-0.25, -0.2) is 0 Å². The van der Waals surface area contributed by atoms with Crippen molar-refractivity contribution in [1.82, 2.24) is 4.57 Å². The van der Waals surface area contributed by atoms with Crippen LogP contribution in [-0.2, 0) is 6.54 Å². The number of ether oxygens (including phenoxy) is 1. The van der Waals surface area contributed by atoms with Gasteiger partial charge < -0.3 is 9.30 Å². The van der Waals surface area contributed by atoms with E-state index >= 15 is 0 Å². The summed E-state index contributed by atoms with van der Waals surface area (Å²) >= 11 is 0. The topological polar surface area (TPSA) is 57.3 Å². The minimum Gasteiger partial charge on any atom is -0.497 e. The van der Waals surface area contributed by atoms with E-state index in [1.807, 2.05) is 54.7 Å². The summed E-state index contributed by atoms with van der Waals surface area (Å²) in [5, 5.41) is 11.6. The van der Waals surface area contributed by atoms with Gasteiger partial charge in [-0.1, -0.05) is 30.3 Å². The van der Waals surface area contributed by atoms with Crippen molar-refractivity contribution in [3.8, 4) is 5.75 Å². The summed E-state index contributed by atoms with van der Waals surface area (Å²) in [5.74, 6) is 0.820. The zero-order chi connectivity index (χ0) is 16.2. The van der Waals surface area contributed by atoms with Crippen molar-refractivity contribution in [3.63, 3.8) is 0 Å². The van der Waals surface area contributed by atoms with E-state index in [1.54, 1.807) is 7.11 Å². The Kier molecular flexibility index (Phi) is 4.10. The molecule has 3 rings (SSSR count). The Morgan fingerprint density at radius 3 is 2.61 bits per heavy atom. The minimum absolute atomic E-state index is 0.449. The van der Waals surface area contributed by atoms with Gasteiger partial charge >= 0.3 is 0 Å². The Bertz CT molecular complexity index is 864. The molecule has 0 saturated carbocycles. The molecule has 5 nitrogen and oxygen atoms in total. The lowest BCUT2D eigenvalue weighted by Crippen LogP contribution is -1.97. The van der Waals surface area contributed by atoms with Gasteiger partial charge in [0.1, 0.15) is 5.75 Å². The number of nitro groups is 1. The number of para-hydroxylation sites is 1. The summed E-state index contributed by atoms with van der Waals surface area (Å²) in [5.41, 5.74) is 3.02. The van der Waals surface area contributed by atoms with Gasteiger partial charge in [0, 0.05) is 35.3 Å². The smallest absolute Gasteiger partial charge is 0.235 e. The molecule has 0 fully saturated rings. The molecule has 0 atom stereocenters. The molecule has 116 valence electrons. The van der Waals surface area contributed by atoms with E-state index in [1.165, 1.54) is 6.08 Å². The fraction of sp³-hybridized carbons (Fsp3) is 0.111. The number of hydrogen-bond acceptors (Lipinski definition) is 3. The molecule has 23 heavy (non-hydrogen) atoms. The predicted molar refractivity (Wildman–Crippen MR) is 90.1 cm³/mol. The van der Waals surface area contributed by atoms with Crippen molar-refractivity contribution in [3.05, 3.63) is 82.2 Å². The number of nitrogens with zero attached hydrogens (tertiary/aromatic N) is 2. The zero-order valence-corrected chi connectivity index (χ0v) is 12.7. The molecule has 0 aliphatic rings. The molecule has 1 heterocycles. The third-order valence-electron chi connectivity index (χ3n) is 3.71. The highest BCUT2D eigenvalue weighted by molar-refractivity contribution is 5.89. The van der Waals surface area contributed by atoms with Crippen LogP contribution in [0, 0.1) is 10.1 Å². The number of hydrogen-bond donors (Lipinski definition) is 0. The summed E-state index contributed by atoms with van der Waals surface area (Å²) < 4.78 is 7.26. The summed E-state index contributed by atoms with van der Waals surface area (Å²) in [6.45, 7) is 0.691. The molecule has 0 saturated heterocycles. The second-order valence-corrected chi connectivity index (χ2v) is 5.18. The molecular weight excluding hydrogens is 292 g/mol. The van der Waals surface area contributed by atoms with Crippen LogP contribution in [0.1, 0.15) is 11.1 Å². The lowest BCUT2D eigenvalue weighted by molar-refractivity contribution is -0.400. The fourth-order valence-corrected chi connectivity index (χ4v) is 2.61. The lowest BCUT2D eigenvalue weighted by Gasteiger charge is -2.06. The lowest BCUT2D eigenvalue weighted by atomic mass is 10.2. The maximum Gasteiger partial charge on any atom is 0.235 e. The van der Waals surface area contributed by atoms with E-state index in [4.69, 9.17) is 4.74 Å². The van der Waals surface area contributed by atoms with Crippen molar-refractivity contribution >= 4 is 17.0 Å². The van der Waals surface area contributed by atoms with E-state index < -0.39 is 4.92 Å². The maximum absolute atomic E-state index is 10.6. The molecule has 0 amide bonds. The zero-order valence-electron chi connectivity index (χ0n) is 12.7. The van der Waals surface area contributed by atoms with Gasteiger partial charge in [-0.2, -0.15) is 0 Å². The molecule has 0 bridgehead atoms. The maximum atomic E-state index is 10.6. The Labute approximate surface area is 133 Å². The number of fused-ring (bicyclic) bond motifs is 1. The van der Waals surface area contributed by atoms with Gasteiger partial charge in [-0.15, -0.1) is 0 Å². The largest absolute Gasteiger partial charge is 0.497 e. The van der Waals surface area contributed by atoms with E-state index in [0.29, 0.717) is 6.54 Å². The molecular formula is C18H16N2O3. The quantitative estimate of drug-likeness (QED) is 0.530. The van der Waals surface area contributed by atoms with Gasteiger partial charge in [-0.05, 0) is 23.8 Å². The van der Waals surface area contributed by atoms with Crippen LogP contribution in [-0.4, -0.2) is 16.6 Å². The predicted octanol–water partition coefficient (Wildman–Crippen LogP) is 3.95. The molecule has 0 aliphatic carbocycles. The van der Waals surface area contributed by atoms with Gasteiger partial charge in [-0.3, -0.25) is 10.1 Å². The Balaban J connectivity index is 1.98. The highest BCUT2D eigenvalue weighted by Gasteiger charge is 2.07. The first kappa shape index (κ1) is 14.8. The number of benzene rings is 2. The third-order valence-corrected chi connectivity index (χ3v) is 3.71. The summed E-state index contributed by atoms with van der Waals surface area (Å²) in [7, 11) is 1.64. The summed E-state index contributed by atoms with van der Waals surface area (Å²) in [6, 6.07) is 15.8. The van der Waals surface area contributed by atoms with Crippen molar-refractivity contribution < 1.29 is 9.66 Å². The highest BCUT2D eigenvalue weighted by atomic mass is 16.6. The summed E-state index contributed by atoms with van der Waals surface area (Å²) in [6.07, 6.45) is 4.45. The van der Waals surface area contributed by atoms with E-state index in [0.717, 1.165) is 34.0 Å². The number of aromatic nitrogens is 1. The van der Waals surface area contributed by atoms with E-state index in [9.17, 15) is 10.1 Å². The first-order chi connectivity index (χ1) is 11.2. The Morgan fingerprint density at radius 2 is 1.91 bits per heavy atom. The van der Waals surface area contributed by atoms with Crippen molar-refractivity contribution in [1.29, 1.82) is 0 Å². The van der Waals surface area contributed by atoms with Crippen LogP contribution < -0.4 is 4.74 Å². The first-order valence-corrected chi connectivity index (χ1v) is 7.20. The molecule has 0 unspecified atom stereocenters. The van der Waals surface area contributed by atoms with Crippen LogP contribution >= 0.6 is 0 Å².